The Morgan fingerprint density at radius 1 is 1.33 bits per heavy atom. The number of carboxylic acid groups (broad SMARTS) is 1. The van der Waals surface area contributed by atoms with Gasteiger partial charge >= 0.3 is 11.9 Å². The van der Waals surface area contributed by atoms with Crippen LogP contribution >= 0.6 is 11.6 Å². The fraction of sp³-hybridized carbons (Fsp3) is 0.385. The first-order valence-electron chi connectivity index (χ1n) is 5.41. The Hall–Kier alpha value is -1.55. The van der Waals surface area contributed by atoms with Crippen molar-refractivity contribution in [2.24, 2.45) is 5.41 Å². The van der Waals surface area contributed by atoms with E-state index in [0.717, 1.165) is 0 Å². The maximum Gasteiger partial charge on any atom is 0.349 e. The number of benzene rings is 1. The molecule has 0 amide bonds. The highest BCUT2D eigenvalue weighted by molar-refractivity contribution is 6.30. The molecule has 1 aromatic carbocycles. The molecular weight excluding hydrogens is 256 g/mol. The van der Waals surface area contributed by atoms with Crippen LogP contribution in [0.5, 0.6) is 0 Å². The molecule has 98 valence electrons. The minimum atomic E-state index is -1.34. The molecule has 0 aliphatic heterocycles. The van der Waals surface area contributed by atoms with Crippen LogP contribution in [0.2, 0.25) is 5.02 Å². The lowest BCUT2D eigenvalue weighted by Gasteiger charge is -2.21. The summed E-state index contributed by atoms with van der Waals surface area (Å²) in [5, 5.41) is 9.51. The second kappa shape index (κ2) is 5.40. The van der Waals surface area contributed by atoms with Gasteiger partial charge in [-0.05, 0) is 32.9 Å². The first kappa shape index (κ1) is 14.5. The van der Waals surface area contributed by atoms with Gasteiger partial charge in [0.25, 0.3) is 0 Å². The van der Waals surface area contributed by atoms with E-state index in [1.54, 1.807) is 39.0 Å². The number of hydrogen-bond acceptors (Lipinski definition) is 3. The van der Waals surface area contributed by atoms with E-state index in [-0.39, 0.29) is 0 Å². The number of carboxylic acids is 1. The highest BCUT2D eigenvalue weighted by Crippen LogP contribution is 2.25. The Morgan fingerprint density at radius 3 is 2.39 bits per heavy atom. The van der Waals surface area contributed by atoms with Gasteiger partial charge in [-0.15, -0.1) is 0 Å². The Morgan fingerprint density at radius 2 is 1.94 bits per heavy atom. The molecule has 1 atom stereocenters. The van der Waals surface area contributed by atoms with E-state index in [4.69, 9.17) is 21.4 Å². The average Bonchev–Trinajstić information content (AvgIpc) is 2.23. The van der Waals surface area contributed by atoms with E-state index in [2.05, 4.69) is 0 Å². The molecule has 5 heteroatoms. The Balaban J connectivity index is 2.98. The molecule has 0 aromatic heterocycles. The summed E-state index contributed by atoms with van der Waals surface area (Å²) in [4.78, 5) is 22.9. The average molecular weight is 271 g/mol. The molecule has 0 saturated heterocycles. The zero-order valence-corrected chi connectivity index (χ0v) is 11.2. The molecule has 0 bridgehead atoms. The standard InChI is InChI=1S/C13H15ClO4/c1-13(2,3)12(17)18-10(11(15)16)8-5-4-6-9(14)7-8/h4-7,10H,1-3H3,(H,15,16)/t10-/m1/s1. The van der Waals surface area contributed by atoms with Crippen molar-refractivity contribution in [2.45, 2.75) is 26.9 Å². The number of rotatable bonds is 3. The molecule has 0 aliphatic rings. The van der Waals surface area contributed by atoms with E-state index in [1.165, 1.54) is 6.07 Å². The Bertz CT molecular complexity index is 462. The fourth-order valence-electron chi connectivity index (χ4n) is 1.21. The summed E-state index contributed by atoms with van der Waals surface area (Å²) in [5.74, 6) is -1.80. The molecular formula is C13H15ClO4. The van der Waals surface area contributed by atoms with E-state index < -0.39 is 23.5 Å². The van der Waals surface area contributed by atoms with Crippen molar-refractivity contribution in [3.05, 3.63) is 34.9 Å². The normalized spacial score (nSPS) is 12.9. The Kier molecular flexibility index (Phi) is 4.35. The van der Waals surface area contributed by atoms with Crippen LogP contribution in [0.25, 0.3) is 0 Å². The topological polar surface area (TPSA) is 63.6 Å². The van der Waals surface area contributed by atoms with Crippen molar-refractivity contribution in [2.75, 3.05) is 0 Å². The molecule has 1 rings (SSSR count). The SMILES string of the molecule is CC(C)(C)C(=O)O[C@@H](C(=O)O)c1cccc(Cl)c1. The maximum absolute atomic E-state index is 11.7. The van der Waals surface area contributed by atoms with E-state index in [1.807, 2.05) is 0 Å². The van der Waals surface area contributed by atoms with Gasteiger partial charge in [0.15, 0.2) is 0 Å². The zero-order chi connectivity index (χ0) is 13.9. The first-order chi connectivity index (χ1) is 8.21. The van der Waals surface area contributed by atoms with Gasteiger partial charge < -0.3 is 9.84 Å². The monoisotopic (exact) mass is 270 g/mol. The van der Waals surface area contributed by atoms with Crippen LogP contribution in [0.1, 0.15) is 32.4 Å². The predicted octanol–water partition coefficient (Wildman–Crippen LogP) is 3.06. The van der Waals surface area contributed by atoms with Gasteiger partial charge in [0.2, 0.25) is 6.10 Å². The highest BCUT2D eigenvalue weighted by atomic mass is 35.5. The predicted molar refractivity (Wildman–Crippen MR) is 67.4 cm³/mol. The van der Waals surface area contributed by atoms with Crippen LogP contribution in [0.4, 0.5) is 0 Å². The summed E-state index contributed by atoms with van der Waals surface area (Å²) in [6.45, 7) is 4.98. The first-order valence-corrected chi connectivity index (χ1v) is 5.79. The van der Waals surface area contributed by atoms with Crippen LogP contribution in [0, 0.1) is 5.41 Å². The largest absolute Gasteiger partial charge is 0.478 e. The third-order valence-corrected chi connectivity index (χ3v) is 2.45. The summed E-state index contributed by atoms with van der Waals surface area (Å²) >= 11 is 5.79. The third-order valence-electron chi connectivity index (χ3n) is 2.21. The number of halogens is 1. The van der Waals surface area contributed by atoms with Crippen LogP contribution < -0.4 is 0 Å². The molecule has 1 N–H and O–H groups in total. The third kappa shape index (κ3) is 3.74. The number of ether oxygens (including phenoxy) is 1. The quantitative estimate of drug-likeness (QED) is 0.858. The molecule has 0 spiro atoms. The van der Waals surface area contributed by atoms with Gasteiger partial charge in [-0.2, -0.15) is 0 Å². The number of hydrogen-bond donors (Lipinski definition) is 1. The van der Waals surface area contributed by atoms with E-state index in [9.17, 15) is 9.59 Å². The summed E-state index contributed by atoms with van der Waals surface area (Å²) < 4.78 is 5.02. The van der Waals surface area contributed by atoms with Gasteiger partial charge in [0, 0.05) is 10.6 Å². The van der Waals surface area contributed by atoms with Gasteiger partial charge in [-0.3, -0.25) is 4.79 Å². The van der Waals surface area contributed by atoms with Crippen LogP contribution in [-0.4, -0.2) is 17.0 Å². The van der Waals surface area contributed by atoms with Crippen LogP contribution in [-0.2, 0) is 14.3 Å². The number of carbonyl (C=O) groups is 2. The molecule has 0 aliphatic carbocycles. The van der Waals surface area contributed by atoms with Crippen molar-refractivity contribution in [3.8, 4) is 0 Å². The second-order valence-corrected chi connectivity index (χ2v) is 5.37. The molecule has 0 saturated carbocycles. The number of carbonyl (C=O) groups excluding carboxylic acids is 1. The summed E-state index contributed by atoms with van der Waals surface area (Å²) in [5.41, 5.74) is -0.417. The minimum absolute atomic E-state index is 0.340. The molecule has 0 fully saturated rings. The van der Waals surface area contributed by atoms with Crippen molar-refractivity contribution in [3.63, 3.8) is 0 Å². The van der Waals surface area contributed by atoms with Crippen molar-refractivity contribution < 1.29 is 19.4 Å². The fourth-order valence-corrected chi connectivity index (χ4v) is 1.41. The van der Waals surface area contributed by atoms with Gasteiger partial charge in [-0.25, -0.2) is 4.79 Å². The lowest BCUT2D eigenvalue weighted by atomic mass is 9.97. The van der Waals surface area contributed by atoms with Crippen molar-refractivity contribution >= 4 is 23.5 Å². The van der Waals surface area contributed by atoms with Gasteiger partial charge in [0.05, 0.1) is 5.41 Å². The summed E-state index contributed by atoms with van der Waals surface area (Å²) in [6, 6.07) is 6.25. The lowest BCUT2D eigenvalue weighted by molar-refractivity contribution is -0.170. The molecule has 0 heterocycles. The molecule has 0 radical (unpaired) electrons. The second-order valence-electron chi connectivity index (χ2n) is 4.93. The van der Waals surface area contributed by atoms with E-state index in [0.29, 0.717) is 10.6 Å². The van der Waals surface area contributed by atoms with Crippen LogP contribution in [0.15, 0.2) is 24.3 Å². The van der Waals surface area contributed by atoms with Crippen molar-refractivity contribution in [1.29, 1.82) is 0 Å². The molecule has 4 nitrogen and oxygen atoms in total. The van der Waals surface area contributed by atoms with Gasteiger partial charge in [0.1, 0.15) is 0 Å². The van der Waals surface area contributed by atoms with Crippen molar-refractivity contribution in [1.82, 2.24) is 0 Å². The highest BCUT2D eigenvalue weighted by Gasteiger charge is 2.30. The smallest absolute Gasteiger partial charge is 0.349 e. The molecule has 18 heavy (non-hydrogen) atoms. The van der Waals surface area contributed by atoms with Crippen LogP contribution in [0.3, 0.4) is 0 Å². The number of aliphatic carboxylic acids is 1. The lowest BCUT2D eigenvalue weighted by Crippen LogP contribution is -2.28. The number of esters is 1. The summed E-state index contributed by atoms with van der Waals surface area (Å²) in [6.07, 6.45) is -1.34. The minimum Gasteiger partial charge on any atom is -0.478 e. The van der Waals surface area contributed by atoms with Gasteiger partial charge in [-0.1, -0.05) is 23.7 Å². The summed E-state index contributed by atoms with van der Waals surface area (Å²) in [7, 11) is 0. The molecule has 1 aromatic rings. The zero-order valence-electron chi connectivity index (χ0n) is 10.4. The molecule has 0 unspecified atom stereocenters. The maximum atomic E-state index is 11.7. The Labute approximate surface area is 111 Å². The van der Waals surface area contributed by atoms with E-state index >= 15 is 0 Å².